The summed E-state index contributed by atoms with van der Waals surface area (Å²) in [5.74, 6) is 2.35. The molecule has 0 radical (unpaired) electrons. The molecule has 1 saturated carbocycles. The van der Waals surface area contributed by atoms with Crippen molar-refractivity contribution in [3.63, 3.8) is 0 Å². The number of nitrogens with zero attached hydrogens (tertiary/aromatic N) is 3. The standard InChI is InChI=1S/C26H31N3O5S3/c1-33-23-14-24(34-2)29-22(28-23)16-35-26-15-27-25(36-26)13-21(30)20(12-17-6-4-5-7-17)18-8-10-19(11-9-18)37(3,31)32/h8-11,14-15,17,20H,4-7,12-13,16H2,1-3H3/t20-/m1/s1. The Morgan fingerprint density at radius 2 is 1.76 bits per heavy atom. The normalized spacial score (nSPS) is 15.0. The average Bonchev–Trinajstić information content (AvgIpc) is 3.57. The Morgan fingerprint density at radius 1 is 1.11 bits per heavy atom. The zero-order valence-corrected chi connectivity index (χ0v) is 23.6. The summed E-state index contributed by atoms with van der Waals surface area (Å²) in [7, 11) is -0.192. The summed E-state index contributed by atoms with van der Waals surface area (Å²) >= 11 is 3.04. The first-order chi connectivity index (χ1) is 17.7. The van der Waals surface area contributed by atoms with Gasteiger partial charge in [-0.25, -0.2) is 13.4 Å². The number of hydrogen-bond donors (Lipinski definition) is 0. The molecule has 0 spiro atoms. The number of benzene rings is 1. The quantitative estimate of drug-likeness (QED) is 0.278. The van der Waals surface area contributed by atoms with E-state index in [1.807, 2.05) is 0 Å². The number of ether oxygens (including phenoxy) is 2. The van der Waals surface area contributed by atoms with Crippen molar-refractivity contribution in [3.05, 3.63) is 52.9 Å². The van der Waals surface area contributed by atoms with E-state index >= 15 is 0 Å². The molecule has 4 rings (SSSR count). The summed E-state index contributed by atoms with van der Waals surface area (Å²) in [6.07, 6.45) is 8.70. The van der Waals surface area contributed by atoms with Crippen LogP contribution in [-0.4, -0.2) is 49.6 Å². The van der Waals surface area contributed by atoms with E-state index in [-0.39, 0.29) is 23.0 Å². The fourth-order valence-corrected chi connectivity index (χ4v) is 7.07. The maximum absolute atomic E-state index is 13.5. The van der Waals surface area contributed by atoms with Crippen LogP contribution in [0.5, 0.6) is 11.8 Å². The van der Waals surface area contributed by atoms with E-state index in [9.17, 15) is 13.2 Å². The number of thiazole rings is 1. The van der Waals surface area contributed by atoms with Gasteiger partial charge in [-0.1, -0.05) is 37.8 Å². The number of methoxy groups -OCH3 is 2. The number of carbonyl (C=O) groups is 1. The monoisotopic (exact) mass is 561 g/mol. The Morgan fingerprint density at radius 3 is 2.35 bits per heavy atom. The van der Waals surface area contributed by atoms with Crippen molar-refractivity contribution in [1.29, 1.82) is 0 Å². The first kappa shape index (κ1) is 27.5. The fraction of sp³-hybridized carbons (Fsp3) is 0.462. The van der Waals surface area contributed by atoms with Crippen LogP contribution >= 0.6 is 23.1 Å². The number of carbonyl (C=O) groups excluding carboxylic acids is 1. The lowest BCUT2D eigenvalue weighted by molar-refractivity contribution is -0.120. The molecular formula is C26H31N3O5S3. The zero-order chi connectivity index (χ0) is 26.4. The number of ketones is 1. The fourth-order valence-electron chi connectivity index (χ4n) is 4.55. The highest BCUT2D eigenvalue weighted by Gasteiger charge is 2.27. The van der Waals surface area contributed by atoms with Gasteiger partial charge in [0.25, 0.3) is 0 Å². The minimum Gasteiger partial charge on any atom is -0.481 e. The Bertz CT molecular complexity index is 1300. The van der Waals surface area contributed by atoms with Crippen molar-refractivity contribution < 1.29 is 22.7 Å². The van der Waals surface area contributed by atoms with Crippen LogP contribution in [0.1, 0.15) is 54.4 Å². The third kappa shape index (κ3) is 7.52. The summed E-state index contributed by atoms with van der Waals surface area (Å²) in [4.78, 5) is 27.0. The summed E-state index contributed by atoms with van der Waals surface area (Å²) in [6.45, 7) is 0. The van der Waals surface area contributed by atoms with Gasteiger partial charge in [-0.05, 0) is 30.0 Å². The lowest BCUT2D eigenvalue weighted by atomic mass is 9.84. The topological polar surface area (TPSA) is 108 Å². The number of Topliss-reactive ketones (excluding diaryl/α,β-unsaturated/α-hetero) is 1. The minimum atomic E-state index is -3.29. The summed E-state index contributed by atoms with van der Waals surface area (Å²) in [5, 5.41) is 0.765. The van der Waals surface area contributed by atoms with Crippen LogP contribution in [0, 0.1) is 5.92 Å². The van der Waals surface area contributed by atoms with E-state index in [1.54, 1.807) is 62.5 Å². The summed E-state index contributed by atoms with van der Waals surface area (Å²) < 4.78 is 35.2. The molecule has 0 aliphatic heterocycles. The van der Waals surface area contributed by atoms with Gasteiger partial charge in [-0.15, -0.1) is 23.1 Å². The van der Waals surface area contributed by atoms with Crippen molar-refractivity contribution in [2.45, 2.75) is 59.3 Å². The Kier molecular flexibility index (Phi) is 9.20. The molecule has 0 bridgehead atoms. The molecule has 11 heteroatoms. The molecule has 37 heavy (non-hydrogen) atoms. The van der Waals surface area contributed by atoms with Crippen molar-refractivity contribution in [1.82, 2.24) is 15.0 Å². The third-order valence-electron chi connectivity index (χ3n) is 6.49. The molecule has 1 atom stereocenters. The molecule has 0 N–H and O–H groups in total. The van der Waals surface area contributed by atoms with E-state index in [0.29, 0.717) is 29.3 Å². The molecular weight excluding hydrogens is 531 g/mol. The van der Waals surface area contributed by atoms with Crippen LogP contribution in [-0.2, 0) is 26.8 Å². The molecule has 0 saturated heterocycles. The molecule has 0 amide bonds. The van der Waals surface area contributed by atoms with Crippen molar-refractivity contribution in [2.24, 2.45) is 5.92 Å². The predicted molar refractivity (Wildman–Crippen MR) is 144 cm³/mol. The van der Waals surface area contributed by atoms with E-state index in [4.69, 9.17) is 9.47 Å². The van der Waals surface area contributed by atoms with Gasteiger partial charge in [0.2, 0.25) is 11.8 Å². The number of rotatable bonds is 12. The van der Waals surface area contributed by atoms with Crippen molar-refractivity contribution in [3.8, 4) is 11.8 Å². The van der Waals surface area contributed by atoms with E-state index < -0.39 is 9.84 Å². The second-order valence-corrected chi connectivity index (χ2v) is 13.6. The zero-order valence-electron chi connectivity index (χ0n) is 21.2. The van der Waals surface area contributed by atoms with Gasteiger partial charge in [0.15, 0.2) is 9.84 Å². The Balaban J connectivity index is 1.44. The summed E-state index contributed by atoms with van der Waals surface area (Å²) in [6, 6.07) is 8.42. The molecule has 0 unspecified atom stereocenters. The average molecular weight is 562 g/mol. The third-order valence-corrected chi connectivity index (χ3v) is 9.80. The van der Waals surface area contributed by atoms with Gasteiger partial charge in [-0.3, -0.25) is 4.79 Å². The molecule has 8 nitrogen and oxygen atoms in total. The van der Waals surface area contributed by atoms with Gasteiger partial charge >= 0.3 is 0 Å². The number of aromatic nitrogens is 3. The summed E-state index contributed by atoms with van der Waals surface area (Å²) in [5.41, 5.74) is 0.875. The largest absolute Gasteiger partial charge is 0.481 e. The lowest BCUT2D eigenvalue weighted by Crippen LogP contribution is -2.18. The van der Waals surface area contributed by atoms with Gasteiger partial charge in [-0.2, -0.15) is 9.97 Å². The van der Waals surface area contributed by atoms with E-state index in [2.05, 4.69) is 15.0 Å². The predicted octanol–water partition coefficient (Wildman–Crippen LogP) is 5.12. The van der Waals surface area contributed by atoms with Crippen LogP contribution in [0.3, 0.4) is 0 Å². The van der Waals surface area contributed by atoms with Crippen LogP contribution in [0.25, 0.3) is 0 Å². The second kappa shape index (κ2) is 12.4. The van der Waals surface area contributed by atoms with Gasteiger partial charge in [0.05, 0.1) is 47.8 Å². The molecule has 1 aliphatic rings. The Labute approximate surface area is 226 Å². The van der Waals surface area contributed by atoms with Gasteiger partial charge in [0.1, 0.15) is 16.6 Å². The van der Waals surface area contributed by atoms with E-state index in [1.165, 1.54) is 30.4 Å². The number of hydrogen-bond acceptors (Lipinski definition) is 10. The number of sulfone groups is 1. The Hall–Kier alpha value is -2.50. The minimum absolute atomic E-state index is 0.116. The molecule has 3 aromatic rings. The van der Waals surface area contributed by atoms with Crippen LogP contribution in [0.4, 0.5) is 0 Å². The van der Waals surface area contributed by atoms with E-state index in [0.717, 1.165) is 34.0 Å². The van der Waals surface area contributed by atoms with Crippen LogP contribution in [0.2, 0.25) is 0 Å². The highest BCUT2D eigenvalue weighted by Crippen LogP contribution is 2.36. The first-order valence-electron chi connectivity index (χ1n) is 12.1. The SMILES string of the molecule is COc1cc(OC)nc(CSc2cnc(CC(=O)[C@H](CC3CCCC3)c3ccc(S(C)(=O)=O)cc3)s2)n1. The lowest BCUT2D eigenvalue weighted by Gasteiger charge is -2.20. The molecule has 2 aromatic heterocycles. The smallest absolute Gasteiger partial charge is 0.220 e. The van der Waals surface area contributed by atoms with Crippen molar-refractivity contribution >= 4 is 38.7 Å². The maximum atomic E-state index is 13.5. The van der Waals surface area contributed by atoms with Gasteiger partial charge < -0.3 is 9.47 Å². The maximum Gasteiger partial charge on any atom is 0.220 e. The highest BCUT2D eigenvalue weighted by atomic mass is 32.2. The molecule has 2 heterocycles. The van der Waals surface area contributed by atoms with Gasteiger partial charge in [0, 0.05) is 12.2 Å². The molecule has 1 aromatic carbocycles. The highest BCUT2D eigenvalue weighted by molar-refractivity contribution is 8.00. The van der Waals surface area contributed by atoms with Crippen LogP contribution < -0.4 is 9.47 Å². The second-order valence-electron chi connectivity index (χ2n) is 9.15. The molecule has 198 valence electrons. The first-order valence-corrected chi connectivity index (χ1v) is 15.8. The van der Waals surface area contributed by atoms with Crippen molar-refractivity contribution in [2.75, 3.05) is 20.5 Å². The van der Waals surface area contributed by atoms with Crippen LogP contribution in [0.15, 0.2) is 45.6 Å². The number of thioether (sulfide) groups is 1. The molecule has 1 aliphatic carbocycles. The molecule has 1 fully saturated rings.